The van der Waals surface area contributed by atoms with Crippen LogP contribution < -0.4 is 16.0 Å². The minimum Gasteiger partial charge on any atom is -0.444 e. The van der Waals surface area contributed by atoms with E-state index in [1.54, 1.807) is 51.2 Å². The Hall–Kier alpha value is -4.11. The zero-order valence-electron chi connectivity index (χ0n) is 23.7. The lowest BCUT2D eigenvalue weighted by atomic mass is 9.91. The van der Waals surface area contributed by atoms with Crippen LogP contribution in [-0.4, -0.2) is 44.6 Å². The summed E-state index contributed by atoms with van der Waals surface area (Å²) in [6.45, 7) is 7.42. The van der Waals surface area contributed by atoms with Gasteiger partial charge >= 0.3 is 6.09 Å². The number of fused-ring (bicyclic) bond motifs is 1. The molecule has 0 saturated heterocycles. The van der Waals surface area contributed by atoms with Crippen molar-refractivity contribution < 1.29 is 14.3 Å². The fraction of sp³-hybridized carbons (Fsp3) is 0.355. The third-order valence-corrected chi connectivity index (χ3v) is 7.29. The molecule has 0 aliphatic heterocycles. The number of carbonyl (C=O) groups excluding carboxylic acids is 2. The molecule has 10 heteroatoms. The van der Waals surface area contributed by atoms with E-state index in [2.05, 4.69) is 32.0 Å². The second-order valence-corrected chi connectivity index (χ2v) is 11.9. The number of aromatic nitrogens is 3. The van der Waals surface area contributed by atoms with Crippen LogP contribution in [0.15, 0.2) is 54.7 Å². The van der Waals surface area contributed by atoms with Gasteiger partial charge in [-0.15, -0.1) is 0 Å². The van der Waals surface area contributed by atoms with Crippen LogP contribution in [0.2, 0.25) is 5.02 Å². The molecule has 2 atom stereocenters. The van der Waals surface area contributed by atoms with Gasteiger partial charge in [-0.05, 0) is 83.7 Å². The van der Waals surface area contributed by atoms with Gasteiger partial charge in [0.1, 0.15) is 5.60 Å². The summed E-state index contributed by atoms with van der Waals surface area (Å²) in [5.74, 6) is 0.360. The number of hydrogen-bond donors (Lipinski definition) is 4. The van der Waals surface area contributed by atoms with Crippen molar-refractivity contribution in [3.63, 3.8) is 0 Å². The van der Waals surface area contributed by atoms with E-state index in [1.807, 2.05) is 25.1 Å². The zero-order valence-corrected chi connectivity index (χ0v) is 24.4. The third-order valence-electron chi connectivity index (χ3n) is 7.01. The van der Waals surface area contributed by atoms with Gasteiger partial charge in [-0.1, -0.05) is 29.8 Å². The summed E-state index contributed by atoms with van der Waals surface area (Å²) in [5, 5.41) is 10.9. The molecule has 41 heavy (non-hydrogen) atoms. The van der Waals surface area contributed by atoms with Crippen molar-refractivity contribution in [3.05, 3.63) is 71.0 Å². The Morgan fingerprint density at radius 2 is 1.78 bits per heavy atom. The first-order valence-corrected chi connectivity index (χ1v) is 14.2. The summed E-state index contributed by atoms with van der Waals surface area (Å²) in [4.78, 5) is 37.6. The molecule has 1 aliphatic rings. The van der Waals surface area contributed by atoms with Gasteiger partial charge in [0.25, 0.3) is 5.91 Å². The number of aryl methyl sites for hydroxylation is 1. The fourth-order valence-electron chi connectivity index (χ4n) is 5.22. The molecule has 2 amide bonds. The maximum absolute atomic E-state index is 13.0. The number of halogens is 1. The number of aromatic amines is 1. The van der Waals surface area contributed by atoms with Crippen LogP contribution in [0.1, 0.15) is 62.5 Å². The molecule has 0 bridgehead atoms. The molecular formula is C31H35ClN6O3. The fourth-order valence-corrected chi connectivity index (χ4v) is 5.41. The van der Waals surface area contributed by atoms with E-state index >= 15 is 0 Å². The van der Waals surface area contributed by atoms with E-state index < -0.39 is 11.7 Å². The smallest absolute Gasteiger partial charge is 0.412 e. The number of para-hydroxylation sites is 1. The quantitative estimate of drug-likeness (QED) is 0.195. The van der Waals surface area contributed by atoms with E-state index in [4.69, 9.17) is 21.3 Å². The Labute approximate surface area is 244 Å². The molecule has 1 fully saturated rings. The molecule has 1 saturated carbocycles. The Morgan fingerprint density at radius 1 is 1.05 bits per heavy atom. The highest BCUT2D eigenvalue weighted by molar-refractivity contribution is 6.33. The summed E-state index contributed by atoms with van der Waals surface area (Å²) in [7, 11) is 0. The standard InChI is InChI=1S/C31H35ClN6O3/c1-18-26(23-10-5-6-11-25(23)34-18)27-24(32)17-33-29(38-27)36-22-9-7-8-21(16-22)35-28(39)19-12-14-20(15-13-19)37-30(40)41-31(2,3)4/h5-6,10-15,17,21-22,34H,7-9,16H2,1-4H3,(H,35,39)(H,37,40)(H,33,36,38)/t21-,22+/m0/s1. The monoisotopic (exact) mass is 574 g/mol. The van der Waals surface area contributed by atoms with E-state index in [1.165, 1.54) is 0 Å². The summed E-state index contributed by atoms with van der Waals surface area (Å²) < 4.78 is 5.27. The average Bonchev–Trinajstić information content (AvgIpc) is 3.25. The van der Waals surface area contributed by atoms with Crippen LogP contribution in [0.4, 0.5) is 16.4 Å². The van der Waals surface area contributed by atoms with Gasteiger partial charge in [0.05, 0.1) is 16.9 Å². The highest BCUT2D eigenvalue weighted by Crippen LogP contribution is 2.35. The first kappa shape index (κ1) is 28.4. The van der Waals surface area contributed by atoms with E-state index in [-0.39, 0.29) is 18.0 Å². The number of H-pyrrole nitrogens is 1. The molecule has 2 aromatic carbocycles. The van der Waals surface area contributed by atoms with Gasteiger partial charge in [0, 0.05) is 45.5 Å². The van der Waals surface area contributed by atoms with E-state index in [0.717, 1.165) is 47.8 Å². The lowest BCUT2D eigenvalue weighted by Crippen LogP contribution is -2.42. The van der Waals surface area contributed by atoms with Crippen LogP contribution in [-0.2, 0) is 4.74 Å². The number of nitrogens with zero attached hydrogens (tertiary/aromatic N) is 2. The van der Waals surface area contributed by atoms with E-state index in [0.29, 0.717) is 27.9 Å². The lowest BCUT2D eigenvalue weighted by molar-refractivity contribution is 0.0635. The van der Waals surface area contributed by atoms with Gasteiger partial charge in [-0.3, -0.25) is 10.1 Å². The molecule has 1 aliphatic carbocycles. The Kier molecular flexibility index (Phi) is 8.17. The number of amides is 2. The lowest BCUT2D eigenvalue weighted by Gasteiger charge is -2.30. The normalized spacial score (nSPS) is 17.2. The van der Waals surface area contributed by atoms with Crippen molar-refractivity contribution in [2.75, 3.05) is 10.6 Å². The molecule has 5 rings (SSSR count). The number of hydrogen-bond acceptors (Lipinski definition) is 6. The first-order chi connectivity index (χ1) is 19.6. The molecule has 2 heterocycles. The van der Waals surface area contributed by atoms with Crippen LogP contribution in [0.5, 0.6) is 0 Å². The number of rotatable bonds is 6. The predicted octanol–water partition coefficient (Wildman–Crippen LogP) is 7.09. The molecule has 0 unspecified atom stereocenters. The minimum atomic E-state index is -0.588. The highest BCUT2D eigenvalue weighted by Gasteiger charge is 2.25. The van der Waals surface area contributed by atoms with Crippen molar-refractivity contribution in [2.24, 2.45) is 0 Å². The van der Waals surface area contributed by atoms with Crippen LogP contribution >= 0.6 is 11.6 Å². The van der Waals surface area contributed by atoms with Gasteiger partial charge in [-0.25, -0.2) is 14.8 Å². The molecule has 0 radical (unpaired) electrons. The Morgan fingerprint density at radius 3 is 2.54 bits per heavy atom. The number of benzene rings is 2. The number of anilines is 2. The van der Waals surface area contributed by atoms with Crippen LogP contribution in [0.25, 0.3) is 22.2 Å². The molecular weight excluding hydrogens is 540 g/mol. The second-order valence-electron chi connectivity index (χ2n) is 11.4. The number of ether oxygens (including phenoxy) is 1. The van der Waals surface area contributed by atoms with Crippen LogP contribution in [0, 0.1) is 6.92 Å². The maximum atomic E-state index is 13.0. The van der Waals surface area contributed by atoms with Gasteiger partial charge in [0.15, 0.2) is 0 Å². The Balaban J connectivity index is 1.21. The molecule has 0 spiro atoms. The second kappa shape index (κ2) is 11.8. The van der Waals surface area contributed by atoms with Gasteiger partial charge < -0.3 is 20.4 Å². The first-order valence-electron chi connectivity index (χ1n) is 13.8. The summed E-state index contributed by atoms with van der Waals surface area (Å²) in [5.41, 5.74) is 4.17. The molecule has 2 aromatic heterocycles. The summed E-state index contributed by atoms with van der Waals surface area (Å²) in [6, 6.07) is 15.0. The number of nitrogens with one attached hydrogen (secondary N) is 4. The largest absolute Gasteiger partial charge is 0.444 e. The minimum absolute atomic E-state index is 0.0101. The number of carbonyl (C=O) groups is 2. The van der Waals surface area contributed by atoms with Gasteiger partial charge in [0.2, 0.25) is 5.95 Å². The topological polar surface area (TPSA) is 121 Å². The molecule has 4 aromatic rings. The third kappa shape index (κ3) is 6.97. The molecule has 9 nitrogen and oxygen atoms in total. The van der Waals surface area contributed by atoms with Crippen molar-refractivity contribution in [1.29, 1.82) is 0 Å². The zero-order chi connectivity index (χ0) is 29.1. The summed E-state index contributed by atoms with van der Waals surface area (Å²) >= 11 is 6.56. The predicted molar refractivity (Wildman–Crippen MR) is 163 cm³/mol. The Bertz CT molecular complexity index is 1560. The van der Waals surface area contributed by atoms with Crippen molar-refractivity contribution in [1.82, 2.24) is 20.3 Å². The van der Waals surface area contributed by atoms with Crippen molar-refractivity contribution >= 4 is 46.1 Å². The molecule has 214 valence electrons. The van der Waals surface area contributed by atoms with Crippen molar-refractivity contribution in [2.45, 2.75) is 71.1 Å². The van der Waals surface area contributed by atoms with E-state index in [9.17, 15) is 9.59 Å². The van der Waals surface area contributed by atoms with Crippen molar-refractivity contribution in [3.8, 4) is 11.3 Å². The molecule has 4 N–H and O–H groups in total. The highest BCUT2D eigenvalue weighted by atomic mass is 35.5. The summed E-state index contributed by atoms with van der Waals surface area (Å²) in [6.07, 6.45) is 4.65. The average molecular weight is 575 g/mol. The maximum Gasteiger partial charge on any atom is 0.412 e. The SMILES string of the molecule is Cc1[nH]c2ccccc2c1-c1nc(N[C@@H]2CCC[C@H](NC(=O)c3ccc(NC(=O)OC(C)(C)C)cc3)C2)ncc1Cl. The van der Waals surface area contributed by atoms with Gasteiger partial charge in [-0.2, -0.15) is 0 Å². The van der Waals surface area contributed by atoms with Crippen LogP contribution in [0.3, 0.4) is 0 Å².